The monoisotopic (exact) mass is 409 g/mol. The van der Waals surface area contributed by atoms with Crippen LogP contribution in [-0.2, 0) is 14.3 Å². The lowest BCUT2D eigenvalue weighted by atomic mass is 10.1. The molecule has 0 aromatic heterocycles. The van der Waals surface area contributed by atoms with Crippen molar-refractivity contribution in [1.29, 1.82) is 0 Å². The number of hydrogen-bond acceptors (Lipinski definition) is 3. The normalized spacial score (nSPS) is 11.8. The minimum absolute atomic E-state index is 0.392. The van der Waals surface area contributed by atoms with E-state index in [0.29, 0.717) is 16.3 Å². The summed E-state index contributed by atoms with van der Waals surface area (Å²) < 4.78 is 18.5. The molecule has 3 aromatic rings. The van der Waals surface area contributed by atoms with Crippen LogP contribution in [0, 0.1) is 5.82 Å². The molecule has 0 heterocycles. The molecule has 0 unspecified atom stereocenters. The van der Waals surface area contributed by atoms with Gasteiger partial charge in [0.05, 0.1) is 0 Å². The second-order valence-electron chi connectivity index (χ2n) is 6.11. The maximum absolute atomic E-state index is 13.1. The summed E-state index contributed by atoms with van der Waals surface area (Å²) in [5, 5.41) is 3.17. The number of ether oxygens (including phenoxy) is 1. The van der Waals surface area contributed by atoms with Gasteiger partial charge in [0, 0.05) is 22.3 Å². The maximum Gasteiger partial charge on any atom is 0.331 e. The molecule has 4 nitrogen and oxygen atoms in total. The smallest absolute Gasteiger partial charge is 0.331 e. The van der Waals surface area contributed by atoms with Crippen molar-refractivity contribution in [2.24, 2.45) is 0 Å². The van der Waals surface area contributed by atoms with Crippen LogP contribution in [-0.4, -0.2) is 11.9 Å². The molecule has 146 valence electrons. The first-order chi connectivity index (χ1) is 14.0. The van der Waals surface area contributed by atoms with Gasteiger partial charge in [-0.3, -0.25) is 4.79 Å². The van der Waals surface area contributed by atoms with Gasteiger partial charge in [0.1, 0.15) is 5.82 Å². The molecule has 6 heteroatoms. The summed E-state index contributed by atoms with van der Waals surface area (Å²) in [4.78, 5) is 25.0. The molecule has 0 spiro atoms. The predicted octanol–water partition coefficient (Wildman–Crippen LogP) is 5.42. The summed E-state index contributed by atoms with van der Waals surface area (Å²) >= 11 is 5.93. The van der Waals surface area contributed by atoms with Crippen LogP contribution in [0.15, 0.2) is 84.9 Å². The van der Waals surface area contributed by atoms with E-state index in [0.717, 1.165) is 5.56 Å². The quantitative estimate of drug-likeness (QED) is 0.437. The van der Waals surface area contributed by atoms with E-state index >= 15 is 0 Å². The minimum Gasteiger partial charge on any atom is -0.444 e. The molecule has 0 saturated heterocycles. The lowest BCUT2D eigenvalue weighted by Gasteiger charge is -2.17. The van der Waals surface area contributed by atoms with E-state index in [2.05, 4.69) is 5.32 Å². The Kier molecular flexibility index (Phi) is 6.76. The number of hydrogen-bond donors (Lipinski definition) is 1. The first-order valence-electron chi connectivity index (χ1n) is 8.77. The number of halogens is 2. The lowest BCUT2D eigenvalue weighted by Crippen LogP contribution is -2.25. The van der Waals surface area contributed by atoms with Gasteiger partial charge < -0.3 is 10.1 Å². The molecule has 1 N–H and O–H groups in total. The average molecular weight is 410 g/mol. The number of esters is 1. The van der Waals surface area contributed by atoms with E-state index in [9.17, 15) is 14.0 Å². The highest BCUT2D eigenvalue weighted by Crippen LogP contribution is 2.21. The van der Waals surface area contributed by atoms with Crippen molar-refractivity contribution in [2.75, 3.05) is 5.32 Å². The van der Waals surface area contributed by atoms with Crippen LogP contribution in [0.3, 0.4) is 0 Å². The first-order valence-corrected chi connectivity index (χ1v) is 9.15. The molecule has 0 aliphatic rings. The van der Waals surface area contributed by atoms with Crippen LogP contribution < -0.4 is 5.32 Å². The van der Waals surface area contributed by atoms with Crippen LogP contribution in [0.4, 0.5) is 10.1 Å². The molecule has 3 aromatic carbocycles. The van der Waals surface area contributed by atoms with E-state index in [1.54, 1.807) is 60.7 Å². The Balaban J connectivity index is 1.75. The van der Waals surface area contributed by atoms with Gasteiger partial charge in [-0.15, -0.1) is 0 Å². The lowest BCUT2D eigenvalue weighted by molar-refractivity contribution is -0.149. The van der Waals surface area contributed by atoms with E-state index in [1.807, 2.05) is 0 Å². The summed E-state index contributed by atoms with van der Waals surface area (Å²) in [6, 6.07) is 20.9. The summed E-state index contributed by atoms with van der Waals surface area (Å²) in [5.41, 5.74) is 1.63. The average Bonchev–Trinajstić information content (AvgIpc) is 2.73. The fourth-order valence-corrected chi connectivity index (χ4v) is 2.77. The molecule has 0 saturated carbocycles. The van der Waals surface area contributed by atoms with E-state index in [1.165, 1.54) is 30.3 Å². The summed E-state index contributed by atoms with van der Waals surface area (Å²) in [7, 11) is 0. The fraction of sp³-hybridized carbons (Fsp3) is 0.0435. The Bertz CT molecular complexity index is 1020. The second-order valence-corrected chi connectivity index (χ2v) is 6.55. The highest BCUT2D eigenvalue weighted by molar-refractivity contribution is 6.30. The Hall–Kier alpha value is -3.44. The topological polar surface area (TPSA) is 55.4 Å². The third-order valence-corrected chi connectivity index (χ3v) is 4.18. The maximum atomic E-state index is 13.1. The zero-order valence-corrected chi connectivity index (χ0v) is 16.0. The second kappa shape index (κ2) is 9.66. The van der Waals surface area contributed by atoms with E-state index in [-0.39, 0.29) is 0 Å². The first kappa shape index (κ1) is 20.3. The number of carbonyl (C=O) groups is 2. The van der Waals surface area contributed by atoms with E-state index in [4.69, 9.17) is 16.3 Å². The number of rotatable bonds is 6. The van der Waals surface area contributed by atoms with Crippen LogP contribution >= 0.6 is 11.6 Å². The van der Waals surface area contributed by atoms with Crippen LogP contribution in [0.25, 0.3) is 6.08 Å². The van der Waals surface area contributed by atoms with Crippen molar-refractivity contribution in [3.63, 3.8) is 0 Å². The van der Waals surface area contributed by atoms with Crippen molar-refractivity contribution in [3.05, 3.63) is 107 Å². The van der Waals surface area contributed by atoms with Crippen LogP contribution in [0.2, 0.25) is 5.02 Å². The highest BCUT2D eigenvalue weighted by atomic mass is 35.5. The minimum atomic E-state index is -1.17. The number of anilines is 1. The molecule has 1 atom stereocenters. The molecule has 0 aliphatic heterocycles. The number of amides is 1. The van der Waals surface area contributed by atoms with Gasteiger partial charge in [0.2, 0.25) is 6.10 Å². The molecule has 0 fully saturated rings. The van der Waals surface area contributed by atoms with Gasteiger partial charge in [-0.2, -0.15) is 0 Å². The predicted molar refractivity (Wildman–Crippen MR) is 111 cm³/mol. The molecular formula is C23H17ClFNO3. The zero-order valence-electron chi connectivity index (χ0n) is 15.2. The van der Waals surface area contributed by atoms with E-state index < -0.39 is 23.8 Å². The number of nitrogens with one attached hydrogen (secondary N) is 1. The summed E-state index contributed by atoms with van der Waals surface area (Å²) in [6.07, 6.45) is 1.61. The van der Waals surface area contributed by atoms with Gasteiger partial charge in [-0.25, -0.2) is 9.18 Å². The Morgan fingerprint density at radius 3 is 2.38 bits per heavy atom. The SMILES string of the molecule is O=C(/C=C/c1cccc(Cl)c1)O[C@@H](C(=O)Nc1ccc(F)cc1)c1ccccc1. The largest absolute Gasteiger partial charge is 0.444 e. The highest BCUT2D eigenvalue weighted by Gasteiger charge is 2.24. The van der Waals surface area contributed by atoms with Gasteiger partial charge in [0.25, 0.3) is 5.91 Å². The molecule has 0 radical (unpaired) electrons. The number of carbonyl (C=O) groups excluding carboxylic acids is 2. The molecule has 3 rings (SSSR count). The third kappa shape index (κ3) is 6.02. The summed E-state index contributed by atoms with van der Waals surface area (Å²) in [5.74, 6) is -1.65. The van der Waals surface area contributed by atoms with Crippen molar-refractivity contribution in [1.82, 2.24) is 0 Å². The van der Waals surface area contributed by atoms with Gasteiger partial charge >= 0.3 is 5.97 Å². The van der Waals surface area contributed by atoms with Crippen molar-refractivity contribution >= 4 is 35.2 Å². The van der Waals surface area contributed by atoms with Crippen LogP contribution in [0.5, 0.6) is 0 Å². The van der Waals surface area contributed by atoms with Crippen molar-refractivity contribution in [2.45, 2.75) is 6.10 Å². The molecule has 0 aliphatic carbocycles. The Labute approximate surface area is 172 Å². The van der Waals surface area contributed by atoms with Gasteiger partial charge in [-0.1, -0.05) is 54.1 Å². The molecular weight excluding hydrogens is 393 g/mol. The Morgan fingerprint density at radius 2 is 1.69 bits per heavy atom. The van der Waals surface area contributed by atoms with Gasteiger partial charge in [0.15, 0.2) is 0 Å². The molecule has 1 amide bonds. The van der Waals surface area contributed by atoms with Crippen LogP contribution in [0.1, 0.15) is 17.2 Å². The van der Waals surface area contributed by atoms with Crippen molar-refractivity contribution in [3.8, 4) is 0 Å². The third-order valence-electron chi connectivity index (χ3n) is 3.95. The molecule has 0 bridgehead atoms. The number of benzene rings is 3. The van der Waals surface area contributed by atoms with Crippen molar-refractivity contribution < 1.29 is 18.7 Å². The van der Waals surface area contributed by atoms with Gasteiger partial charge in [-0.05, 0) is 48.0 Å². The molecule has 29 heavy (non-hydrogen) atoms. The summed E-state index contributed by atoms with van der Waals surface area (Å²) in [6.45, 7) is 0. The zero-order chi connectivity index (χ0) is 20.6. The fourth-order valence-electron chi connectivity index (χ4n) is 2.57. The standard InChI is InChI=1S/C23H17ClFNO3/c24-18-8-4-5-16(15-18)9-14-21(27)29-22(17-6-2-1-3-7-17)23(28)26-20-12-10-19(25)11-13-20/h1-15,22H,(H,26,28)/b14-9+/t22-/m1/s1. The Morgan fingerprint density at radius 1 is 0.966 bits per heavy atom.